The number of fused-ring (bicyclic) bond motifs is 1. The van der Waals surface area contributed by atoms with Gasteiger partial charge in [-0.3, -0.25) is 4.79 Å². The summed E-state index contributed by atoms with van der Waals surface area (Å²) in [6.07, 6.45) is -0.667. The van der Waals surface area contributed by atoms with E-state index >= 15 is 0 Å². The number of amides is 1. The van der Waals surface area contributed by atoms with Crippen molar-refractivity contribution >= 4 is 5.91 Å². The van der Waals surface area contributed by atoms with Crippen LogP contribution in [0, 0.1) is 0 Å². The Morgan fingerprint density at radius 1 is 1.43 bits per heavy atom. The molecule has 114 valence electrons. The zero-order valence-corrected chi connectivity index (χ0v) is 12.0. The summed E-state index contributed by atoms with van der Waals surface area (Å²) in [7, 11) is 0. The third-order valence-corrected chi connectivity index (χ3v) is 3.88. The van der Waals surface area contributed by atoms with Gasteiger partial charge in [-0.1, -0.05) is 6.07 Å². The molecule has 6 heteroatoms. The molecule has 0 spiro atoms. The number of halogens is 1. The molecule has 0 aromatic heterocycles. The molecule has 0 unspecified atom stereocenters. The summed E-state index contributed by atoms with van der Waals surface area (Å²) in [4.78, 5) is 14.1. The Morgan fingerprint density at radius 3 is 2.95 bits per heavy atom. The summed E-state index contributed by atoms with van der Waals surface area (Å²) in [5, 5.41) is 2.94. The molecule has 0 radical (unpaired) electrons. The number of rotatable bonds is 4. The fourth-order valence-electron chi connectivity index (χ4n) is 2.71. The minimum Gasteiger partial charge on any atom is -0.454 e. The van der Waals surface area contributed by atoms with Crippen molar-refractivity contribution in [1.82, 2.24) is 10.2 Å². The van der Waals surface area contributed by atoms with Crippen molar-refractivity contribution in [3.63, 3.8) is 0 Å². The monoisotopic (exact) mass is 294 g/mol. The standard InChI is InChI=1S/C15H19FN2O3/c1-2-18(15(19)12-6-11(16)7-17-12)8-10-3-4-13-14(5-10)21-9-20-13/h3-5,11-12,17H,2,6-9H2,1H3/t11-,12+/m0/s1. The second-order valence-corrected chi connectivity index (χ2v) is 5.33. The minimum atomic E-state index is -0.928. The van der Waals surface area contributed by atoms with Crippen LogP contribution >= 0.6 is 0 Å². The van der Waals surface area contributed by atoms with Crippen LogP contribution in [0.3, 0.4) is 0 Å². The highest BCUT2D eigenvalue weighted by molar-refractivity contribution is 5.82. The van der Waals surface area contributed by atoms with Crippen LogP contribution in [0.4, 0.5) is 4.39 Å². The Bertz CT molecular complexity index is 538. The largest absolute Gasteiger partial charge is 0.454 e. The summed E-state index contributed by atoms with van der Waals surface area (Å²) in [6, 6.07) is 5.25. The van der Waals surface area contributed by atoms with Gasteiger partial charge in [0, 0.05) is 26.1 Å². The number of nitrogens with one attached hydrogen (secondary N) is 1. The van der Waals surface area contributed by atoms with Gasteiger partial charge in [0.05, 0.1) is 6.04 Å². The maximum Gasteiger partial charge on any atom is 0.240 e. The number of carbonyl (C=O) groups is 1. The van der Waals surface area contributed by atoms with Crippen molar-refractivity contribution in [3.8, 4) is 11.5 Å². The first-order valence-electron chi connectivity index (χ1n) is 7.22. The number of hydrogen-bond acceptors (Lipinski definition) is 4. The van der Waals surface area contributed by atoms with Gasteiger partial charge in [0.25, 0.3) is 0 Å². The summed E-state index contributed by atoms with van der Waals surface area (Å²) in [5.74, 6) is 1.39. The average Bonchev–Trinajstić information content (AvgIpc) is 3.12. The van der Waals surface area contributed by atoms with Crippen LogP contribution in [0.1, 0.15) is 18.9 Å². The molecule has 1 amide bonds. The average molecular weight is 294 g/mol. The van der Waals surface area contributed by atoms with Gasteiger partial charge in [-0.2, -0.15) is 0 Å². The van der Waals surface area contributed by atoms with Crippen molar-refractivity contribution in [2.45, 2.75) is 32.1 Å². The number of ether oxygens (including phenoxy) is 2. The first-order chi connectivity index (χ1) is 10.2. The van der Waals surface area contributed by atoms with Crippen LogP contribution < -0.4 is 14.8 Å². The van der Waals surface area contributed by atoms with E-state index in [9.17, 15) is 9.18 Å². The first-order valence-corrected chi connectivity index (χ1v) is 7.22. The molecule has 21 heavy (non-hydrogen) atoms. The second kappa shape index (κ2) is 5.89. The second-order valence-electron chi connectivity index (χ2n) is 5.33. The maximum atomic E-state index is 13.2. The molecule has 2 aliphatic rings. The molecule has 1 aromatic rings. The topological polar surface area (TPSA) is 50.8 Å². The van der Waals surface area contributed by atoms with Gasteiger partial charge in [-0.15, -0.1) is 0 Å². The number of carbonyl (C=O) groups excluding carboxylic acids is 1. The van der Waals surface area contributed by atoms with Crippen LogP contribution in [0.15, 0.2) is 18.2 Å². The molecule has 0 bridgehead atoms. The lowest BCUT2D eigenvalue weighted by atomic mass is 10.1. The lowest BCUT2D eigenvalue weighted by molar-refractivity contribution is -0.133. The van der Waals surface area contributed by atoms with E-state index in [1.54, 1.807) is 4.90 Å². The fraction of sp³-hybridized carbons (Fsp3) is 0.533. The lowest BCUT2D eigenvalue weighted by Crippen LogP contribution is -2.43. The van der Waals surface area contributed by atoms with Gasteiger partial charge >= 0.3 is 0 Å². The Kier molecular flexibility index (Phi) is 3.96. The van der Waals surface area contributed by atoms with Crippen LogP contribution in [0.2, 0.25) is 0 Å². The lowest BCUT2D eigenvalue weighted by Gasteiger charge is -2.24. The summed E-state index contributed by atoms with van der Waals surface area (Å²) in [6.45, 7) is 3.49. The molecule has 0 saturated carbocycles. The van der Waals surface area contributed by atoms with E-state index < -0.39 is 12.2 Å². The Hall–Kier alpha value is -1.82. The Labute approximate surface area is 123 Å². The summed E-state index contributed by atoms with van der Waals surface area (Å²) in [5.41, 5.74) is 0.976. The van der Waals surface area contributed by atoms with Crippen LogP contribution in [-0.2, 0) is 11.3 Å². The van der Waals surface area contributed by atoms with Gasteiger partial charge < -0.3 is 19.7 Å². The molecule has 2 atom stereocenters. The van der Waals surface area contributed by atoms with Crippen molar-refractivity contribution < 1.29 is 18.7 Å². The molecule has 2 aliphatic heterocycles. The molecule has 5 nitrogen and oxygen atoms in total. The molecule has 1 aromatic carbocycles. The number of alkyl halides is 1. The van der Waals surface area contributed by atoms with Gasteiger partial charge in [-0.05, 0) is 24.6 Å². The molecule has 1 fully saturated rings. The van der Waals surface area contributed by atoms with Gasteiger partial charge in [0.15, 0.2) is 11.5 Å². The zero-order valence-electron chi connectivity index (χ0n) is 12.0. The van der Waals surface area contributed by atoms with Gasteiger partial charge in [0.1, 0.15) is 6.17 Å². The minimum absolute atomic E-state index is 0.0460. The highest BCUT2D eigenvalue weighted by Crippen LogP contribution is 2.32. The van der Waals surface area contributed by atoms with Crippen LogP contribution in [0.25, 0.3) is 0 Å². The molecule has 1 saturated heterocycles. The third-order valence-electron chi connectivity index (χ3n) is 3.88. The molecule has 3 rings (SSSR count). The van der Waals surface area contributed by atoms with Crippen LogP contribution in [0.5, 0.6) is 11.5 Å². The SMILES string of the molecule is CCN(Cc1ccc2c(c1)OCO2)C(=O)[C@H]1C[C@H](F)CN1. The van der Waals surface area contributed by atoms with E-state index in [1.165, 1.54) is 0 Å². The summed E-state index contributed by atoms with van der Waals surface area (Å²) < 4.78 is 23.8. The van der Waals surface area contributed by atoms with E-state index in [1.807, 2.05) is 25.1 Å². The van der Waals surface area contributed by atoms with Gasteiger partial charge in [0.2, 0.25) is 12.7 Å². The van der Waals surface area contributed by atoms with Crippen molar-refractivity contribution in [3.05, 3.63) is 23.8 Å². The molecular weight excluding hydrogens is 275 g/mol. The smallest absolute Gasteiger partial charge is 0.240 e. The highest BCUT2D eigenvalue weighted by Gasteiger charge is 2.31. The Morgan fingerprint density at radius 2 is 2.24 bits per heavy atom. The normalized spacial score (nSPS) is 23.3. The molecule has 0 aliphatic carbocycles. The van der Waals surface area contributed by atoms with Gasteiger partial charge in [-0.25, -0.2) is 4.39 Å². The number of benzene rings is 1. The molecule has 2 heterocycles. The quantitative estimate of drug-likeness (QED) is 0.913. The van der Waals surface area contributed by atoms with E-state index in [0.717, 1.165) is 11.3 Å². The van der Waals surface area contributed by atoms with Crippen molar-refractivity contribution in [2.75, 3.05) is 19.9 Å². The molecule has 1 N–H and O–H groups in total. The van der Waals surface area contributed by atoms with Crippen LogP contribution in [-0.4, -0.2) is 42.9 Å². The highest BCUT2D eigenvalue weighted by atomic mass is 19.1. The third kappa shape index (κ3) is 2.95. The van der Waals surface area contributed by atoms with Crippen molar-refractivity contribution in [1.29, 1.82) is 0 Å². The predicted octanol–water partition coefficient (Wildman–Crippen LogP) is 1.46. The van der Waals surface area contributed by atoms with E-state index in [4.69, 9.17) is 9.47 Å². The number of hydrogen-bond donors (Lipinski definition) is 1. The zero-order chi connectivity index (χ0) is 14.8. The van der Waals surface area contributed by atoms with E-state index in [-0.39, 0.29) is 25.7 Å². The molecular formula is C15H19FN2O3. The predicted molar refractivity (Wildman–Crippen MR) is 75.0 cm³/mol. The maximum absolute atomic E-state index is 13.2. The van der Waals surface area contributed by atoms with Crippen molar-refractivity contribution in [2.24, 2.45) is 0 Å². The number of likely N-dealkylation sites (N-methyl/N-ethyl adjacent to an activating group) is 1. The summed E-state index contributed by atoms with van der Waals surface area (Å²) >= 11 is 0. The van der Waals surface area contributed by atoms with E-state index in [0.29, 0.717) is 18.8 Å². The first kappa shape index (κ1) is 14.1. The number of nitrogens with zero attached hydrogens (tertiary/aromatic N) is 1. The Balaban J connectivity index is 1.68. The fourth-order valence-corrected chi connectivity index (χ4v) is 2.71. The van der Waals surface area contributed by atoms with E-state index in [2.05, 4.69) is 5.32 Å².